The maximum absolute atomic E-state index is 6.17. The number of nitrogens with two attached hydrogens (primary N) is 1. The summed E-state index contributed by atoms with van der Waals surface area (Å²) >= 11 is 3.92. The van der Waals surface area contributed by atoms with Gasteiger partial charge in [0.05, 0.1) is 12.1 Å². The summed E-state index contributed by atoms with van der Waals surface area (Å²) in [6.45, 7) is 4.34. The Labute approximate surface area is 134 Å². The highest BCUT2D eigenvalue weighted by atomic mass is 32.2. The first kappa shape index (κ1) is 15.6. The lowest BCUT2D eigenvalue weighted by Gasteiger charge is -2.43. The van der Waals surface area contributed by atoms with Gasteiger partial charge < -0.3 is 15.0 Å². The zero-order chi connectivity index (χ0) is 14.7. The van der Waals surface area contributed by atoms with Crippen molar-refractivity contribution in [3.05, 3.63) is 5.82 Å². The van der Waals surface area contributed by atoms with Crippen LogP contribution in [-0.4, -0.2) is 43.7 Å². The molecule has 118 valence electrons. The van der Waals surface area contributed by atoms with Gasteiger partial charge in [-0.05, 0) is 44.1 Å². The Morgan fingerprint density at radius 3 is 2.95 bits per heavy atom. The molecule has 2 aliphatic rings. The van der Waals surface area contributed by atoms with E-state index < -0.39 is 0 Å². The molecule has 0 aromatic carbocycles. The van der Waals surface area contributed by atoms with E-state index in [0.717, 1.165) is 37.0 Å². The minimum atomic E-state index is 0.134. The van der Waals surface area contributed by atoms with Crippen molar-refractivity contribution in [2.24, 2.45) is 5.73 Å². The van der Waals surface area contributed by atoms with Gasteiger partial charge in [0.2, 0.25) is 0 Å². The van der Waals surface area contributed by atoms with Gasteiger partial charge in [-0.25, -0.2) is 0 Å². The van der Waals surface area contributed by atoms with Crippen molar-refractivity contribution in [1.29, 1.82) is 0 Å². The van der Waals surface area contributed by atoms with E-state index in [4.69, 9.17) is 10.5 Å². The largest absolute Gasteiger partial charge is 0.375 e. The molecule has 2 saturated heterocycles. The molecule has 3 rings (SSSR count). The summed E-state index contributed by atoms with van der Waals surface area (Å²) in [6, 6.07) is 0. The topological polar surface area (TPSA) is 66.0 Å². The molecule has 3 heterocycles. The van der Waals surface area contributed by atoms with Crippen LogP contribution >= 0.6 is 23.5 Å². The minimum Gasteiger partial charge on any atom is -0.375 e. The van der Waals surface area contributed by atoms with E-state index in [1.54, 1.807) is 0 Å². The summed E-state index contributed by atoms with van der Waals surface area (Å²) in [7, 11) is 0. The van der Waals surface area contributed by atoms with Crippen LogP contribution in [0.5, 0.6) is 0 Å². The Kier molecular flexibility index (Phi) is 5.14. The highest BCUT2D eigenvalue weighted by Gasteiger charge is 2.39. The molecule has 21 heavy (non-hydrogen) atoms. The average molecular weight is 329 g/mol. The van der Waals surface area contributed by atoms with Gasteiger partial charge in [0.1, 0.15) is 5.82 Å². The van der Waals surface area contributed by atoms with E-state index >= 15 is 0 Å². The molecule has 5 nitrogen and oxygen atoms in total. The van der Waals surface area contributed by atoms with E-state index in [1.807, 2.05) is 11.8 Å². The quantitative estimate of drug-likeness (QED) is 0.915. The number of aromatic nitrogens is 3. The van der Waals surface area contributed by atoms with Crippen LogP contribution in [0.1, 0.15) is 38.4 Å². The molecule has 1 atom stereocenters. The van der Waals surface area contributed by atoms with Crippen LogP contribution in [0.3, 0.4) is 0 Å². The minimum absolute atomic E-state index is 0.134. The Morgan fingerprint density at radius 2 is 2.24 bits per heavy atom. The van der Waals surface area contributed by atoms with Crippen LogP contribution in [0.25, 0.3) is 0 Å². The zero-order valence-electron chi connectivity index (χ0n) is 12.6. The Hall–Kier alpha value is -0.240. The van der Waals surface area contributed by atoms with Gasteiger partial charge in [0.15, 0.2) is 5.16 Å². The molecule has 7 heteroatoms. The van der Waals surface area contributed by atoms with Gasteiger partial charge in [0.25, 0.3) is 0 Å². The van der Waals surface area contributed by atoms with E-state index in [9.17, 15) is 0 Å². The smallest absolute Gasteiger partial charge is 0.191 e. The van der Waals surface area contributed by atoms with Gasteiger partial charge in [-0.3, -0.25) is 0 Å². The van der Waals surface area contributed by atoms with Crippen LogP contribution < -0.4 is 5.73 Å². The monoisotopic (exact) mass is 328 g/mol. The molecule has 0 amide bonds. The second-order valence-corrected chi connectivity index (χ2v) is 8.22. The highest BCUT2D eigenvalue weighted by molar-refractivity contribution is 7.99. The molecular formula is C14H24N4OS2. The summed E-state index contributed by atoms with van der Waals surface area (Å²) in [5.41, 5.74) is 5.86. The SMILES string of the molecule is CCn1c(CN)nnc1SC1CCOC2(CCSCC2)C1. The van der Waals surface area contributed by atoms with E-state index in [2.05, 4.69) is 33.5 Å². The number of thioether (sulfide) groups is 2. The van der Waals surface area contributed by atoms with Crippen LogP contribution in [-0.2, 0) is 17.8 Å². The number of hydrogen-bond donors (Lipinski definition) is 1. The lowest BCUT2D eigenvalue weighted by Crippen LogP contribution is -2.43. The summed E-state index contributed by atoms with van der Waals surface area (Å²) in [5, 5.41) is 10.1. The van der Waals surface area contributed by atoms with Crippen molar-refractivity contribution < 1.29 is 4.74 Å². The Balaban J connectivity index is 1.68. The van der Waals surface area contributed by atoms with Crippen LogP contribution in [0.2, 0.25) is 0 Å². The fraction of sp³-hybridized carbons (Fsp3) is 0.857. The first-order valence-electron chi connectivity index (χ1n) is 7.77. The lowest BCUT2D eigenvalue weighted by molar-refractivity contribution is -0.0805. The molecule has 1 aromatic heterocycles. The lowest BCUT2D eigenvalue weighted by atomic mass is 9.88. The molecule has 0 bridgehead atoms. The molecule has 1 aromatic rings. The maximum Gasteiger partial charge on any atom is 0.191 e. The van der Waals surface area contributed by atoms with Gasteiger partial charge in [-0.1, -0.05) is 11.8 Å². The number of rotatable bonds is 4. The normalized spacial score (nSPS) is 25.3. The number of nitrogens with zero attached hydrogens (tertiary/aromatic N) is 3. The average Bonchev–Trinajstić information content (AvgIpc) is 2.90. The number of hydrogen-bond acceptors (Lipinski definition) is 6. The summed E-state index contributed by atoms with van der Waals surface area (Å²) in [5.74, 6) is 3.36. The van der Waals surface area contributed by atoms with Crippen molar-refractivity contribution in [2.75, 3.05) is 18.1 Å². The van der Waals surface area contributed by atoms with Gasteiger partial charge in [-0.15, -0.1) is 10.2 Å². The third-order valence-electron chi connectivity index (χ3n) is 4.42. The molecular weight excluding hydrogens is 304 g/mol. The molecule has 1 spiro atoms. The first-order chi connectivity index (χ1) is 10.3. The Morgan fingerprint density at radius 1 is 1.43 bits per heavy atom. The molecule has 2 aliphatic heterocycles. The van der Waals surface area contributed by atoms with E-state index in [1.165, 1.54) is 24.3 Å². The highest BCUT2D eigenvalue weighted by Crippen LogP contribution is 2.42. The first-order valence-corrected chi connectivity index (χ1v) is 9.80. The summed E-state index contributed by atoms with van der Waals surface area (Å²) < 4.78 is 8.31. The van der Waals surface area contributed by atoms with Crippen molar-refractivity contribution in [2.45, 2.75) is 61.7 Å². The molecule has 0 aliphatic carbocycles. The number of ether oxygens (including phenoxy) is 1. The van der Waals surface area contributed by atoms with Crippen molar-refractivity contribution in [3.63, 3.8) is 0 Å². The molecule has 0 radical (unpaired) electrons. The van der Waals surface area contributed by atoms with Crippen molar-refractivity contribution in [3.8, 4) is 0 Å². The zero-order valence-corrected chi connectivity index (χ0v) is 14.2. The van der Waals surface area contributed by atoms with Gasteiger partial charge in [-0.2, -0.15) is 11.8 Å². The fourth-order valence-corrected chi connectivity index (χ4v) is 5.78. The van der Waals surface area contributed by atoms with Crippen molar-refractivity contribution >= 4 is 23.5 Å². The maximum atomic E-state index is 6.17. The second kappa shape index (κ2) is 6.89. The fourth-order valence-electron chi connectivity index (χ4n) is 3.20. The third kappa shape index (κ3) is 3.41. The summed E-state index contributed by atoms with van der Waals surface area (Å²) in [4.78, 5) is 0. The molecule has 1 unspecified atom stereocenters. The van der Waals surface area contributed by atoms with E-state index in [-0.39, 0.29) is 5.60 Å². The van der Waals surface area contributed by atoms with E-state index in [0.29, 0.717) is 11.8 Å². The van der Waals surface area contributed by atoms with Crippen LogP contribution in [0.15, 0.2) is 5.16 Å². The second-order valence-electron chi connectivity index (χ2n) is 5.72. The van der Waals surface area contributed by atoms with Crippen LogP contribution in [0.4, 0.5) is 0 Å². The molecule has 2 N–H and O–H groups in total. The standard InChI is InChI=1S/C14H24N4OS2/c1-2-18-12(10-15)16-17-13(18)21-11-3-6-19-14(9-11)4-7-20-8-5-14/h11H,2-10,15H2,1H3. The third-order valence-corrected chi connectivity index (χ3v) is 6.65. The molecule has 2 fully saturated rings. The van der Waals surface area contributed by atoms with Crippen molar-refractivity contribution in [1.82, 2.24) is 14.8 Å². The van der Waals surface area contributed by atoms with Gasteiger partial charge in [0, 0.05) is 18.4 Å². The van der Waals surface area contributed by atoms with Gasteiger partial charge >= 0.3 is 0 Å². The predicted octanol–water partition coefficient (Wildman–Crippen LogP) is 2.29. The van der Waals surface area contributed by atoms with Crippen LogP contribution in [0, 0.1) is 0 Å². The Bertz CT molecular complexity index is 468. The molecule has 0 saturated carbocycles. The predicted molar refractivity (Wildman–Crippen MR) is 87.7 cm³/mol. The summed E-state index contributed by atoms with van der Waals surface area (Å²) in [6.07, 6.45) is 4.65.